The molecule has 24 heavy (non-hydrogen) atoms. The number of thiophene rings is 1. The van der Waals surface area contributed by atoms with Crippen molar-refractivity contribution in [1.29, 1.82) is 0 Å². The molecule has 4 nitrogen and oxygen atoms in total. The lowest BCUT2D eigenvalue weighted by molar-refractivity contribution is -0.899. The molecule has 0 aliphatic heterocycles. The summed E-state index contributed by atoms with van der Waals surface area (Å²) in [5, 5.41) is 2.86. The zero-order chi connectivity index (χ0) is 17.5. The molecular formula is C18H20ClN2O2S+. The highest BCUT2D eigenvalue weighted by Gasteiger charge is 2.15. The third kappa shape index (κ3) is 5.60. The Morgan fingerprint density at radius 1 is 1.25 bits per heavy atom. The lowest BCUT2D eigenvalue weighted by Crippen LogP contribution is -3.11. The van der Waals surface area contributed by atoms with E-state index in [2.05, 4.69) is 11.9 Å². The van der Waals surface area contributed by atoms with Gasteiger partial charge in [0.1, 0.15) is 6.54 Å². The summed E-state index contributed by atoms with van der Waals surface area (Å²) in [6.45, 7) is 7.01. The molecular weight excluding hydrogens is 344 g/mol. The molecule has 1 heterocycles. The topological polar surface area (TPSA) is 50.6 Å². The molecule has 126 valence electrons. The number of amides is 1. The van der Waals surface area contributed by atoms with Gasteiger partial charge in [-0.1, -0.05) is 18.2 Å². The van der Waals surface area contributed by atoms with Gasteiger partial charge in [0.25, 0.3) is 5.91 Å². The van der Waals surface area contributed by atoms with Crippen LogP contribution >= 0.6 is 22.9 Å². The van der Waals surface area contributed by atoms with Crippen LogP contribution in [0.25, 0.3) is 0 Å². The number of carbonyl (C=O) groups is 2. The minimum atomic E-state index is -0.0786. The van der Waals surface area contributed by atoms with E-state index in [-0.39, 0.29) is 11.7 Å². The predicted molar refractivity (Wildman–Crippen MR) is 99.0 cm³/mol. The second-order valence-electron chi connectivity index (χ2n) is 5.48. The van der Waals surface area contributed by atoms with Crippen molar-refractivity contribution in [3.05, 3.63) is 63.8 Å². The van der Waals surface area contributed by atoms with Crippen LogP contribution in [-0.2, 0) is 11.3 Å². The van der Waals surface area contributed by atoms with E-state index in [0.29, 0.717) is 24.3 Å². The number of hydrogen-bond donors (Lipinski definition) is 2. The van der Waals surface area contributed by atoms with Gasteiger partial charge in [0.2, 0.25) is 0 Å². The number of quaternary nitrogens is 1. The van der Waals surface area contributed by atoms with Gasteiger partial charge in [-0.2, -0.15) is 0 Å². The van der Waals surface area contributed by atoms with Crippen LogP contribution < -0.4 is 10.2 Å². The fourth-order valence-electron chi connectivity index (χ4n) is 2.32. The van der Waals surface area contributed by atoms with Gasteiger partial charge in [0.15, 0.2) is 12.3 Å². The first-order chi connectivity index (χ1) is 11.5. The Bertz CT molecular complexity index is 725. The van der Waals surface area contributed by atoms with Crippen molar-refractivity contribution in [1.82, 2.24) is 0 Å². The molecule has 2 aromatic rings. The molecule has 1 aromatic carbocycles. The number of ketones is 1. The second kappa shape index (κ2) is 8.78. The zero-order valence-electron chi connectivity index (χ0n) is 13.5. The molecule has 2 N–H and O–H groups in total. The summed E-state index contributed by atoms with van der Waals surface area (Å²) in [5.74, 6) is -0.0748. The Morgan fingerprint density at radius 2 is 1.96 bits per heavy atom. The molecule has 0 aliphatic carbocycles. The van der Waals surface area contributed by atoms with Crippen molar-refractivity contribution in [2.75, 3.05) is 18.4 Å². The summed E-state index contributed by atoms with van der Waals surface area (Å²) in [6.07, 6.45) is 1.81. The fourth-order valence-corrected chi connectivity index (χ4v) is 3.48. The Balaban J connectivity index is 1.94. The van der Waals surface area contributed by atoms with E-state index < -0.39 is 0 Å². The summed E-state index contributed by atoms with van der Waals surface area (Å²) in [7, 11) is 0. The molecule has 1 aromatic heterocycles. The van der Waals surface area contributed by atoms with Crippen molar-refractivity contribution in [3.63, 3.8) is 0 Å². The molecule has 1 atom stereocenters. The zero-order valence-corrected chi connectivity index (χ0v) is 15.0. The van der Waals surface area contributed by atoms with Crippen molar-refractivity contribution in [2.45, 2.75) is 13.5 Å². The minimum Gasteiger partial charge on any atom is -0.321 e. The smallest absolute Gasteiger partial charge is 0.279 e. The maximum absolute atomic E-state index is 12.3. The highest BCUT2D eigenvalue weighted by Crippen LogP contribution is 2.20. The second-order valence-corrected chi connectivity index (χ2v) is 7.28. The van der Waals surface area contributed by atoms with Gasteiger partial charge in [-0.3, -0.25) is 9.59 Å². The highest BCUT2D eigenvalue weighted by atomic mass is 35.5. The normalized spacial score (nSPS) is 11.8. The maximum Gasteiger partial charge on any atom is 0.279 e. The van der Waals surface area contributed by atoms with Gasteiger partial charge in [-0.15, -0.1) is 11.3 Å². The van der Waals surface area contributed by atoms with E-state index >= 15 is 0 Å². The summed E-state index contributed by atoms with van der Waals surface area (Å²) in [4.78, 5) is 25.7. The van der Waals surface area contributed by atoms with E-state index in [9.17, 15) is 9.59 Å². The average molecular weight is 364 g/mol. The fraction of sp³-hybridized carbons (Fsp3) is 0.222. The van der Waals surface area contributed by atoms with Gasteiger partial charge in [-0.05, 0) is 49.4 Å². The number of Topliss-reactive ketones (excluding diaryl/α,β-unsaturated/α-hetero) is 1. The van der Waals surface area contributed by atoms with Crippen LogP contribution in [0.5, 0.6) is 0 Å². The first kappa shape index (κ1) is 18.4. The van der Waals surface area contributed by atoms with Crippen molar-refractivity contribution < 1.29 is 14.5 Å². The van der Waals surface area contributed by atoms with Crippen LogP contribution in [0.3, 0.4) is 0 Å². The average Bonchev–Trinajstić information content (AvgIpc) is 2.93. The quantitative estimate of drug-likeness (QED) is 0.559. The number of carbonyl (C=O) groups excluding carboxylic acids is 2. The summed E-state index contributed by atoms with van der Waals surface area (Å²) >= 11 is 7.48. The first-order valence-electron chi connectivity index (χ1n) is 7.57. The third-order valence-corrected chi connectivity index (χ3v) is 4.70. The van der Waals surface area contributed by atoms with Crippen molar-refractivity contribution >= 4 is 40.3 Å². The molecule has 0 saturated heterocycles. The number of nitrogens with one attached hydrogen (secondary N) is 2. The number of hydrogen-bond acceptors (Lipinski definition) is 3. The standard InChI is InChI=1S/C18H19ClN2O2S/c1-3-10-21(11-16-8-9-17(19)24-16)12-18(23)20-15-6-4-14(5-7-15)13(2)22/h3-9H,1,10-12H2,2H3,(H,20,23)/p+1. The Labute approximate surface area is 150 Å². The van der Waals surface area contributed by atoms with Crippen LogP contribution in [-0.4, -0.2) is 24.8 Å². The predicted octanol–water partition coefficient (Wildman–Crippen LogP) is 2.81. The molecule has 0 aliphatic rings. The lowest BCUT2D eigenvalue weighted by Gasteiger charge is -2.16. The number of halogens is 1. The maximum atomic E-state index is 12.3. The highest BCUT2D eigenvalue weighted by molar-refractivity contribution is 7.16. The first-order valence-corrected chi connectivity index (χ1v) is 8.77. The molecule has 0 radical (unpaired) electrons. The van der Waals surface area contributed by atoms with Crippen molar-refractivity contribution in [2.24, 2.45) is 0 Å². The summed E-state index contributed by atoms with van der Waals surface area (Å²) < 4.78 is 0.748. The van der Waals surface area contributed by atoms with Crippen LogP contribution in [0.15, 0.2) is 49.1 Å². The Hall–Kier alpha value is -1.95. The van der Waals surface area contributed by atoms with Crippen LogP contribution in [0.1, 0.15) is 22.2 Å². The van der Waals surface area contributed by atoms with Crippen LogP contribution in [0.2, 0.25) is 4.34 Å². The minimum absolute atomic E-state index is 0.00378. The van der Waals surface area contributed by atoms with Gasteiger partial charge in [0, 0.05) is 11.3 Å². The van der Waals surface area contributed by atoms with Gasteiger partial charge < -0.3 is 10.2 Å². The van der Waals surface area contributed by atoms with Crippen LogP contribution in [0.4, 0.5) is 5.69 Å². The van der Waals surface area contributed by atoms with Crippen LogP contribution in [0, 0.1) is 0 Å². The summed E-state index contributed by atoms with van der Waals surface area (Å²) in [5.41, 5.74) is 1.31. The van der Waals surface area contributed by atoms with E-state index in [0.717, 1.165) is 20.7 Å². The van der Waals surface area contributed by atoms with E-state index in [1.165, 1.54) is 18.3 Å². The largest absolute Gasteiger partial charge is 0.321 e. The SMILES string of the molecule is C=CC[NH+](CC(=O)Nc1ccc(C(C)=O)cc1)Cc1ccc(Cl)s1. The molecule has 2 rings (SSSR count). The van der Waals surface area contributed by atoms with E-state index in [4.69, 9.17) is 11.6 Å². The monoisotopic (exact) mass is 363 g/mol. The van der Waals surface area contributed by atoms with E-state index in [1.54, 1.807) is 30.3 Å². The third-order valence-electron chi connectivity index (χ3n) is 3.47. The number of anilines is 1. The number of benzene rings is 1. The van der Waals surface area contributed by atoms with Gasteiger partial charge in [0.05, 0.1) is 15.8 Å². The molecule has 1 amide bonds. The molecule has 0 saturated carbocycles. The molecule has 1 unspecified atom stereocenters. The molecule has 0 fully saturated rings. The van der Waals surface area contributed by atoms with Crippen molar-refractivity contribution in [3.8, 4) is 0 Å². The lowest BCUT2D eigenvalue weighted by atomic mass is 10.1. The number of rotatable bonds is 8. The molecule has 0 bridgehead atoms. The Kier molecular flexibility index (Phi) is 6.73. The van der Waals surface area contributed by atoms with Gasteiger partial charge >= 0.3 is 0 Å². The van der Waals surface area contributed by atoms with E-state index in [1.807, 2.05) is 12.1 Å². The van der Waals surface area contributed by atoms with Gasteiger partial charge in [-0.25, -0.2) is 0 Å². The Morgan fingerprint density at radius 3 is 2.50 bits per heavy atom. The molecule has 6 heteroatoms. The molecule has 0 spiro atoms. The summed E-state index contributed by atoms with van der Waals surface area (Å²) in [6, 6.07) is 10.7.